The molecule has 0 aliphatic carbocycles. The maximum Gasteiger partial charge on any atom is 0.254 e. The molecule has 22 heavy (non-hydrogen) atoms. The van der Waals surface area contributed by atoms with Crippen molar-refractivity contribution in [2.45, 2.75) is 6.92 Å². The van der Waals surface area contributed by atoms with Crippen LogP contribution in [0.25, 0.3) is 0 Å². The van der Waals surface area contributed by atoms with Gasteiger partial charge < -0.3 is 5.32 Å². The van der Waals surface area contributed by atoms with Crippen LogP contribution in [0.4, 0.5) is 11.4 Å². The van der Waals surface area contributed by atoms with Crippen LogP contribution < -0.4 is 5.32 Å². The van der Waals surface area contributed by atoms with Gasteiger partial charge in [-0.05, 0) is 104 Å². The lowest BCUT2D eigenvalue weighted by Crippen LogP contribution is -2.07. The first-order chi connectivity index (χ1) is 10.4. The zero-order valence-electron chi connectivity index (χ0n) is 11.3. The van der Waals surface area contributed by atoms with Crippen molar-refractivity contribution in [1.29, 1.82) is 0 Å². The average Bonchev–Trinajstić information content (AvgIpc) is 2.44. The van der Waals surface area contributed by atoms with E-state index < -0.39 is 5.24 Å². The van der Waals surface area contributed by atoms with Crippen molar-refractivity contribution in [3.05, 3.63) is 52.7 Å². The normalized spacial score (nSPS) is 11.4. The number of para-hydroxylation sites is 1. The summed E-state index contributed by atoms with van der Waals surface area (Å²) in [6, 6.07) is 11.7. The Bertz CT molecular complexity index is 748. The molecule has 0 bridgehead atoms. The van der Waals surface area contributed by atoms with Crippen LogP contribution in [0, 0.1) is 10.7 Å². The van der Waals surface area contributed by atoms with Crippen LogP contribution in [0.2, 0.25) is 0 Å². The lowest BCUT2D eigenvalue weighted by Gasteiger charge is -2.11. The molecule has 0 amide bonds. The highest BCUT2D eigenvalue weighted by Gasteiger charge is 2.18. The molecule has 0 heterocycles. The standard InChI is InChI=1S/C15H10ClI3N2O/c1-8(20-9-5-3-2-4-6-9)21-14-11(18)7-10(17)12(13(14)19)15(16)22/h2-7H,1H3,(H,20,21). The molecule has 0 aliphatic rings. The second-order valence-electron chi connectivity index (χ2n) is 4.34. The van der Waals surface area contributed by atoms with Crippen molar-refractivity contribution in [2.75, 3.05) is 5.32 Å². The Labute approximate surface area is 174 Å². The van der Waals surface area contributed by atoms with Gasteiger partial charge in [-0.15, -0.1) is 0 Å². The Morgan fingerprint density at radius 2 is 1.77 bits per heavy atom. The fraction of sp³-hybridized carbons (Fsp3) is 0.0667. The summed E-state index contributed by atoms with van der Waals surface area (Å²) in [6.45, 7) is 1.89. The summed E-state index contributed by atoms with van der Waals surface area (Å²) in [5.74, 6) is 0.746. The minimum atomic E-state index is -0.463. The van der Waals surface area contributed by atoms with Crippen LogP contribution in [0.5, 0.6) is 0 Å². The molecule has 1 N–H and O–H groups in total. The first kappa shape index (κ1) is 18.4. The molecule has 3 nitrogen and oxygen atoms in total. The summed E-state index contributed by atoms with van der Waals surface area (Å²) >= 11 is 12.1. The van der Waals surface area contributed by atoms with Crippen molar-refractivity contribution in [3.8, 4) is 0 Å². The highest BCUT2D eigenvalue weighted by atomic mass is 127. The number of anilines is 1. The first-order valence-electron chi connectivity index (χ1n) is 6.15. The predicted octanol–water partition coefficient (Wildman–Crippen LogP) is 6.04. The summed E-state index contributed by atoms with van der Waals surface area (Å²) in [5, 5.41) is 2.77. The smallest absolute Gasteiger partial charge is 0.254 e. The number of halogens is 4. The van der Waals surface area contributed by atoms with E-state index in [0.717, 1.165) is 27.9 Å². The molecule has 0 spiro atoms. The van der Waals surface area contributed by atoms with Gasteiger partial charge in [0, 0.05) is 12.8 Å². The van der Waals surface area contributed by atoms with E-state index in [-0.39, 0.29) is 0 Å². The van der Waals surface area contributed by atoms with E-state index in [1.165, 1.54) is 0 Å². The van der Waals surface area contributed by atoms with Gasteiger partial charge in [0.2, 0.25) is 0 Å². The van der Waals surface area contributed by atoms with Gasteiger partial charge in [-0.1, -0.05) is 18.2 Å². The highest BCUT2D eigenvalue weighted by molar-refractivity contribution is 14.1. The number of hydrogen-bond acceptors (Lipinski definition) is 2. The molecule has 0 radical (unpaired) electrons. The quantitative estimate of drug-likeness (QED) is 0.191. The minimum Gasteiger partial charge on any atom is -0.344 e. The van der Waals surface area contributed by atoms with Gasteiger partial charge in [0.15, 0.2) is 0 Å². The van der Waals surface area contributed by atoms with Crippen molar-refractivity contribution < 1.29 is 4.79 Å². The molecule has 2 aromatic rings. The molecule has 2 aromatic carbocycles. The van der Waals surface area contributed by atoms with E-state index in [9.17, 15) is 4.79 Å². The largest absolute Gasteiger partial charge is 0.344 e. The topological polar surface area (TPSA) is 41.5 Å². The summed E-state index contributed by atoms with van der Waals surface area (Å²) in [4.78, 5) is 16.2. The van der Waals surface area contributed by atoms with Gasteiger partial charge in [0.25, 0.3) is 5.24 Å². The number of nitrogens with zero attached hydrogens (tertiary/aromatic N) is 1. The molecular weight excluding hydrogens is 640 g/mol. The molecule has 0 saturated heterocycles. The third-order valence-electron chi connectivity index (χ3n) is 2.72. The van der Waals surface area contributed by atoms with E-state index in [4.69, 9.17) is 11.6 Å². The SMILES string of the molecule is CC(=Nc1c(I)cc(I)c(C(=O)Cl)c1I)Nc1ccccc1. The molecule has 7 heteroatoms. The van der Waals surface area contributed by atoms with Gasteiger partial charge in [0.1, 0.15) is 5.84 Å². The summed E-state index contributed by atoms with van der Waals surface area (Å²) in [6.07, 6.45) is 0. The van der Waals surface area contributed by atoms with E-state index in [1.54, 1.807) is 0 Å². The number of nitrogens with one attached hydrogen (secondary N) is 1. The van der Waals surface area contributed by atoms with Crippen molar-refractivity contribution >= 4 is 102 Å². The van der Waals surface area contributed by atoms with Crippen molar-refractivity contribution in [3.63, 3.8) is 0 Å². The van der Waals surface area contributed by atoms with Crippen molar-refractivity contribution in [1.82, 2.24) is 0 Å². The van der Waals surface area contributed by atoms with E-state index in [0.29, 0.717) is 5.56 Å². The number of rotatable bonds is 3. The fourth-order valence-corrected chi connectivity index (χ4v) is 6.41. The third kappa shape index (κ3) is 4.54. The number of carbonyl (C=O) groups excluding carboxylic acids is 1. The van der Waals surface area contributed by atoms with Crippen molar-refractivity contribution in [2.24, 2.45) is 4.99 Å². The summed E-state index contributed by atoms with van der Waals surface area (Å²) in [5.41, 5.74) is 2.23. The van der Waals surface area contributed by atoms with Crippen LogP contribution in [-0.2, 0) is 0 Å². The Morgan fingerprint density at radius 3 is 2.36 bits per heavy atom. The van der Waals surface area contributed by atoms with Crippen LogP contribution >= 0.6 is 79.4 Å². The molecule has 0 unspecified atom stereocenters. The van der Waals surface area contributed by atoms with Crippen LogP contribution in [0.15, 0.2) is 41.4 Å². The van der Waals surface area contributed by atoms with Crippen LogP contribution in [0.3, 0.4) is 0 Å². The lowest BCUT2D eigenvalue weighted by atomic mass is 10.2. The van der Waals surface area contributed by atoms with Crippen LogP contribution in [-0.4, -0.2) is 11.1 Å². The zero-order chi connectivity index (χ0) is 16.3. The third-order valence-corrected chi connectivity index (χ3v) is 5.63. The zero-order valence-corrected chi connectivity index (χ0v) is 18.6. The fourth-order valence-electron chi connectivity index (χ4n) is 1.79. The molecule has 114 valence electrons. The van der Waals surface area contributed by atoms with Gasteiger partial charge in [-0.25, -0.2) is 4.99 Å². The Kier molecular flexibility index (Phi) is 6.90. The molecule has 0 aromatic heterocycles. The maximum absolute atomic E-state index is 11.6. The molecule has 0 saturated carbocycles. The maximum atomic E-state index is 11.6. The van der Waals surface area contributed by atoms with Gasteiger partial charge in [0.05, 0.1) is 14.8 Å². The van der Waals surface area contributed by atoms with E-state index in [1.807, 2.05) is 43.3 Å². The predicted molar refractivity (Wildman–Crippen MR) is 118 cm³/mol. The summed E-state index contributed by atoms with van der Waals surface area (Å²) in [7, 11) is 0. The minimum absolute atomic E-state index is 0.463. The molecular formula is C15H10ClI3N2O. The lowest BCUT2D eigenvalue weighted by molar-refractivity contribution is 0.108. The first-order valence-corrected chi connectivity index (χ1v) is 9.76. The monoisotopic (exact) mass is 650 g/mol. The second-order valence-corrected chi connectivity index (χ2v) is 8.09. The summed E-state index contributed by atoms with van der Waals surface area (Å²) < 4.78 is 2.57. The Morgan fingerprint density at radius 1 is 1.14 bits per heavy atom. The average molecular weight is 650 g/mol. The second kappa shape index (κ2) is 8.25. The molecule has 0 fully saturated rings. The van der Waals surface area contributed by atoms with Crippen LogP contribution in [0.1, 0.15) is 17.3 Å². The van der Waals surface area contributed by atoms with E-state index in [2.05, 4.69) is 78.1 Å². The Hall–Kier alpha value is 0.0600. The van der Waals surface area contributed by atoms with Gasteiger partial charge in [-0.3, -0.25) is 4.79 Å². The molecule has 0 atom stereocenters. The van der Waals surface area contributed by atoms with E-state index >= 15 is 0 Å². The van der Waals surface area contributed by atoms with Gasteiger partial charge in [-0.2, -0.15) is 0 Å². The number of aliphatic imine (C=N–C) groups is 1. The number of hydrogen-bond donors (Lipinski definition) is 1. The van der Waals surface area contributed by atoms with Gasteiger partial charge >= 0.3 is 0 Å². The number of benzene rings is 2. The highest BCUT2D eigenvalue weighted by Crippen LogP contribution is 2.34. The molecule has 2 rings (SSSR count). The number of amidine groups is 1. The number of carbonyl (C=O) groups is 1. The molecule has 0 aliphatic heterocycles. The Balaban J connectivity index is 2.42.